The van der Waals surface area contributed by atoms with Gasteiger partial charge in [0.05, 0.1) is 21.4 Å². The van der Waals surface area contributed by atoms with Crippen molar-refractivity contribution in [1.29, 1.82) is 0 Å². The van der Waals surface area contributed by atoms with Gasteiger partial charge in [-0.15, -0.1) is 11.8 Å². The summed E-state index contributed by atoms with van der Waals surface area (Å²) in [7, 11) is 0. The van der Waals surface area contributed by atoms with E-state index >= 15 is 0 Å². The van der Waals surface area contributed by atoms with Crippen molar-refractivity contribution in [3.8, 4) is 0 Å². The summed E-state index contributed by atoms with van der Waals surface area (Å²) in [6.07, 6.45) is 0. The van der Waals surface area contributed by atoms with Gasteiger partial charge < -0.3 is 10.0 Å². The lowest BCUT2D eigenvalue weighted by Crippen LogP contribution is -2.25. The monoisotopic (exact) mass is 316 g/mol. The fourth-order valence-corrected chi connectivity index (χ4v) is 2.84. The molecule has 0 aliphatic carbocycles. The first-order valence-corrected chi connectivity index (χ1v) is 7.45. The van der Waals surface area contributed by atoms with Crippen LogP contribution < -0.4 is 0 Å². The van der Waals surface area contributed by atoms with Crippen molar-refractivity contribution in [2.75, 3.05) is 25.4 Å². The first-order chi connectivity index (χ1) is 9.90. The summed E-state index contributed by atoms with van der Waals surface area (Å²) in [5.74, 6) is -1.97. The molecule has 21 heavy (non-hydrogen) atoms. The number of halogens is 1. The number of nitro benzene ring substituents is 1. The van der Waals surface area contributed by atoms with E-state index in [0.717, 1.165) is 30.9 Å². The molecule has 0 atom stereocenters. The molecule has 1 aromatic carbocycles. The van der Waals surface area contributed by atoms with E-state index in [0.29, 0.717) is 18.4 Å². The van der Waals surface area contributed by atoms with Crippen LogP contribution in [-0.4, -0.2) is 46.3 Å². The van der Waals surface area contributed by atoms with Gasteiger partial charge in [0, 0.05) is 12.3 Å². The largest absolute Gasteiger partial charge is 0.478 e. The van der Waals surface area contributed by atoms with E-state index in [1.807, 2.05) is 13.8 Å². The topological polar surface area (TPSA) is 83.7 Å². The normalized spacial score (nSPS) is 10.9. The average molecular weight is 316 g/mol. The first kappa shape index (κ1) is 17.4. The summed E-state index contributed by atoms with van der Waals surface area (Å²) in [5, 5.41) is 19.8. The van der Waals surface area contributed by atoms with Crippen LogP contribution in [0.15, 0.2) is 17.0 Å². The SMILES string of the molecule is CCN(CC)CCSc1cc(C(=O)O)c(F)cc1[N+](=O)[O-]. The van der Waals surface area contributed by atoms with Gasteiger partial charge in [-0.25, -0.2) is 9.18 Å². The zero-order valence-corrected chi connectivity index (χ0v) is 12.7. The number of rotatable bonds is 8. The number of aromatic carboxylic acids is 1. The molecule has 0 fully saturated rings. The summed E-state index contributed by atoms with van der Waals surface area (Å²) >= 11 is 1.16. The van der Waals surface area contributed by atoms with Gasteiger partial charge in [-0.1, -0.05) is 13.8 Å². The highest BCUT2D eigenvalue weighted by Gasteiger charge is 2.21. The molecular formula is C13H17FN2O4S. The van der Waals surface area contributed by atoms with Gasteiger partial charge in [0.25, 0.3) is 5.69 Å². The minimum atomic E-state index is -1.44. The minimum Gasteiger partial charge on any atom is -0.478 e. The number of nitrogens with zero attached hydrogens (tertiary/aromatic N) is 2. The second-order valence-electron chi connectivity index (χ2n) is 4.24. The highest BCUT2D eigenvalue weighted by atomic mass is 32.2. The summed E-state index contributed by atoms with van der Waals surface area (Å²) < 4.78 is 13.5. The second kappa shape index (κ2) is 7.94. The predicted molar refractivity (Wildman–Crippen MR) is 78.5 cm³/mol. The Balaban J connectivity index is 2.95. The molecular weight excluding hydrogens is 299 g/mol. The molecule has 0 saturated heterocycles. The van der Waals surface area contributed by atoms with Crippen LogP contribution >= 0.6 is 11.8 Å². The molecule has 0 bridgehead atoms. The Kier molecular flexibility index (Phi) is 6.57. The van der Waals surface area contributed by atoms with Crippen molar-refractivity contribution in [2.45, 2.75) is 18.7 Å². The van der Waals surface area contributed by atoms with Crippen LogP contribution in [0.3, 0.4) is 0 Å². The molecule has 1 rings (SSSR count). The van der Waals surface area contributed by atoms with Gasteiger partial charge >= 0.3 is 5.97 Å². The maximum atomic E-state index is 13.5. The van der Waals surface area contributed by atoms with E-state index < -0.39 is 28.0 Å². The number of carboxylic acids is 1. The number of thioether (sulfide) groups is 1. The second-order valence-corrected chi connectivity index (χ2v) is 5.37. The van der Waals surface area contributed by atoms with E-state index in [1.165, 1.54) is 0 Å². The summed E-state index contributed by atoms with van der Waals surface area (Å²) in [5.41, 5.74) is -0.951. The van der Waals surface area contributed by atoms with Crippen LogP contribution in [0.1, 0.15) is 24.2 Å². The third kappa shape index (κ3) is 4.68. The third-order valence-electron chi connectivity index (χ3n) is 3.04. The molecule has 0 radical (unpaired) electrons. The van der Waals surface area contributed by atoms with Gasteiger partial charge in [0.15, 0.2) is 0 Å². The maximum Gasteiger partial charge on any atom is 0.338 e. The standard InChI is InChI=1S/C13H17FN2O4S/c1-3-15(4-2)5-6-21-12-7-9(13(17)18)10(14)8-11(12)16(19)20/h7-8H,3-6H2,1-2H3,(H,17,18). The Morgan fingerprint density at radius 3 is 2.52 bits per heavy atom. The highest BCUT2D eigenvalue weighted by molar-refractivity contribution is 7.99. The molecule has 0 saturated carbocycles. The lowest BCUT2D eigenvalue weighted by atomic mass is 10.2. The van der Waals surface area contributed by atoms with Crippen LogP contribution in [0.2, 0.25) is 0 Å². The molecule has 116 valence electrons. The van der Waals surface area contributed by atoms with Crippen molar-refractivity contribution < 1.29 is 19.2 Å². The van der Waals surface area contributed by atoms with E-state index in [1.54, 1.807) is 0 Å². The zero-order chi connectivity index (χ0) is 16.0. The highest BCUT2D eigenvalue weighted by Crippen LogP contribution is 2.31. The Bertz CT molecular complexity index is 535. The molecule has 1 N–H and O–H groups in total. The van der Waals surface area contributed by atoms with Crippen molar-refractivity contribution in [3.05, 3.63) is 33.6 Å². The zero-order valence-electron chi connectivity index (χ0n) is 11.8. The Morgan fingerprint density at radius 2 is 2.05 bits per heavy atom. The molecule has 8 heteroatoms. The lowest BCUT2D eigenvalue weighted by Gasteiger charge is -2.17. The molecule has 0 aliphatic heterocycles. The number of hydrogen-bond donors (Lipinski definition) is 1. The van der Waals surface area contributed by atoms with Crippen molar-refractivity contribution in [1.82, 2.24) is 4.90 Å². The minimum absolute atomic E-state index is 0.172. The number of nitro groups is 1. The molecule has 6 nitrogen and oxygen atoms in total. The average Bonchev–Trinajstić information content (AvgIpc) is 2.44. The van der Waals surface area contributed by atoms with Gasteiger partial charge in [0.2, 0.25) is 0 Å². The number of hydrogen-bond acceptors (Lipinski definition) is 5. The van der Waals surface area contributed by atoms with Crippen LogP contribution in [0.5, 0.6) is 0 Å². The Labute approximate surface area is 126 Å². The molecule has 0 aromatic heterocycles. The Morgan fingerprint density at radius 1 is 1.43 bits per heavy atom. The van der Waals surface area contributed by atoms with Crippen LogP contribution in [0, 0.1) is 15.9 Å². The molecule has 0 aliphatic rings. The molecule has 1 aromatic rings. The van der Waals surface area contributed by atoms with E-state index in [4.69, 9.17) is 5.11 Å². The van der Waals surface area contributed by atoms with Gasteiger partial charge in [-0.05, 0) is 19.2 Å². The van der Waals surface area contributed by atoms with E-state index in [9.17, 15) is 19.3 Å². The molecule has 0 unspecified atom stereocenters. The first-order valence-electron chi connectivity index (χ1n) is 6.47. The van der Waals surface area contributed by atoms with E-state index in [-0.39, 0.29) is 4.90 Å². The fraction of sp³-hybridized carbons (Fsp3) is 0.462. The van der Waals surface area contributed by atoms with Crippen LogP contribution in [0.25, 0.3) is 0 Å². The fourth-order valence-electron chi connectivity index (χ4n) is 1.79. The lowest BCUT2D eigenvalue weighted by molar-refractivity contribution is -0.387. The van der Waals surface area contributed by atoms with Crippen LogP contribution in [0.4, 0.5) is 10.1 Å². The Hall–Kier alpha value is -1.67. The van der Waals surface area contributed by atoms with Gasteiger partial charge in [-0.2, -0.15) is 0 Å². The summed E-state index contributed by atoms with van der Waals surface area (Å²) in [4.78, 5) is 23.4. The van der Waals surface area contributed by atoms with Gasteiger partial charge in [0.1, 0.15) is 5.82 Å². The molecule has 0 heterocycles. The number of benzene rings is 1. The maximum absolute atomic E-state index is 13.5. The summed E-state index contributed by atoms with van der Waals surface area (Å²) in [6.45, 7) is 6.47. The smallest absolute Gasteiger partial charge is 0.338 e. The van der Waals surface area contributed by atoms with Crippen LogP contribution in [-0.2, 0) is 0 Å². The third-order valence-corrected chi connectivity index (χ3v) is 4.06. The number of carboxylic acid groups (broad SMARTS) is 1. The van der Waals surface area contributed by atoms with Crippen molar-refractivity contribution in [2.24, 2.45) is 0 Å². The molecule has 0 amide bonds. The van der Waals surface area contributed by atoms with Crippen molar-refractivity contribution in [3.63, 3.8) is 0 Å². The summed E-state index contributed by atoms with van der Waals surface area (Å²) in [6, 6.07) is 1.70. The van der Waals surface area contributed by atoms with E-state index in [2.05, 4.69) is 4.90 Å². The van der Waals surface area contributed by atoms with Gasteiger partial charge in [-0.3, -0.25) is 10.1 Å². The predicted octanol–water partition coefficient (Wildman–Crippen LogP) is 2.87. The number of carbonyl (C=O) groups is 1. The van der Waals surface area contributed by atoms with Crippen molar-refractivity contribution >= 4 is 23.4 Å². The quantitative estimate of drug-likeness (QED) is 0.451. The molecule has 0 spiro atoms.